The molecule has 2 rings (SSSR count). The van der Waals surface area contributed by atoms with E-state index in [-0.39, 0.29) is 5.91 Å². The van der Waals surface area contributed by atoms with Gasteiger partial charge >= 0.3 is 0 Å². The van der Waals surface area contributed by atoms with Crippen LogP contribution in [0.2, 0.25) is 0 Å². The fraction of sp³-hybridized carbons (Fsp3) is 0.727. The smallest absolute Gasteiger partial charge is 0.236 e. The molecule has 1 saturated heterocycles. The topological polar surface area (TPSA) is 63.1 Å². The van der Waals surface area contributed by atoms with E-state index < -0.39 is 0 Å². The predicted octanol–water partition coefficient (Wildman–Crippen LogP) is 0.0100. The molecule has 0 atom stereocenters. The van der Waals surface area contributed by atoms with Crippen LogP contribution < -0.4 is 5.32 Å². The maximum absolute atomic E-state index is 11.7. The van der Waals surface area contributed by atoms with Crippen LogP contribution in [0.25, 0.3) is 0 Å². The van der Waals surface area contributed by atoms with Crippen LogP contribution in [0.15, 0.2) is 6.33 Å². The van der Waals surface area contributed by atoms with Crippen LogP contribution in [0.3, 0.4) is 0 Å². The number of hydrogen-bond acceptors (Lipinski definition) is 4. The van der Waals surface area contributed by atoms with Crippen molar-refractivity contribution in [2.75, 3.05) is 19.6 Å². The Morgan fingerprint density at radius 3 is 2.94 bits per heavy atom. The van der Waals surface area contributed by atoms with Gasteiger partial charge in [0.15, 0.2) is 0 Å². The molecule has 1 fully saturated rings. The zero-order chi connectivity index (χ0) is 12.1. The lowest BCUT2D eigenvalue weighted by Crippen LogP contribution is -2.36. The van der Waals surface area contributed by atoms with Gasteiger partial charge in [-0.25, -0.2) is 0 Å². The molecular formula is C11H19N5O. The highest BCUT2D eigenvalue weighted by molar-refractivity contribution is 5.78. The highest BCUT2D eigenvalue weighted by Crippen LogP contribution is 2.06. The summed E-state index contributed by atoms with van der Waals surface area (Å²) < 4.78 is 1.97. The van der Waals surface area contributed by atoms with Crippen molar-refractivity contribution >= 4 is 5.91 Å². The van der Waals surface area contributed by atoms with E-state index in [2.05, 4.69) is 15.5 Å². The van der Waals surface area contributed by atoms with Gasteiger partial charge in [0, 0.05) is 19.6 Å². The molecule has 94 valence electrons. The molecule has 1 amide bonds. The Labute approximate surface area is 101 Å². The Hall–Kier alpha value is -1.43. The molecule has 1 aliphatic rings. The van der Waals surface area contributed by atoms with Gasteiger partial charge in [-0.05, 0) is 19.8 Å². The number of aryl methyl sites for hydroxylation is 1. The summed E-state index contributed by atoms with van der Waals surface area (Å²) in [6, 6.07) is 0. The molecule has 1 N–H and O–H groups in total. The fourth-order valence-electron chi connectivity index (χ4n) is 2.04. The van der Waals surface area contributed by atoms with Crippen LogP contribution in [0, 0.1) is 0 Å². The number of carbonyl (C=O) groups is 1. The third kappa shape index (κ3) is 3.03. The van der Waals surface area contributed by atoms with Crippen LogP contribution in [0.1, 0.15) is 25.6 Å². The van der Waals surface area contributed by atoms with E-state index in [9.17, 15) is 4.79 Å². The Balaban J connectivity index is 1.73. The van der Waals surface area contributed by atoms with Gasteiger partial charge in [-0.1, -0.05) is 0 Å². The second-order valence-electron chi connectivity index (χ2n) is 4.22. The summed E-state index contributed by atoms with van der Waals surface area (Å²) in [6.07, 6.45) is 3.98. The fourth-order valence-corrected chi connectivity index (χ4v) is 2.04. The molecule has 1 aliphatic heterocycles. The standard InChI is InChI=1S/C11H19N5O/c1-2-15-9-13-14-10(15)7-12-8-11(17)16-5-3-4-6-16/h9,12H,2-8H2,1H3. The maximum Gasteiger partial charge on any atom is 0.236 e. The normalized spacial score (nSPS) is 15.5. The number of nitrogens with one attached hydrogen (secondary N) is 1. The van der Waals surface area contributed by atoms with E-state index in [0.717, 1.165) is 38.3 Å². The predicted molar refractivity (Wildman–Crippen MR) is 63.2 cm³/mol. The highest BCUT2D eigenvalue weighted by atomic mass is 16.2. The lowest BCUT2D eigenvalue weighted by molar-refractivity contribution is -0.129. The first-order chi connectivity index (χ1) is 8.31. The first-order valence-corrected chi connectivity index (χ1v) is 6.16. The monoisotopic (exact) mass is 237 g/mol. The maximum atomic E-state index is 11.7. The zero-order valence-electron chi connectivity index (χ0n) is 10.2. The number of rotatable bonds is 5. The van der Waals surface area contributed by atoms with E-state index in [1.807, 2.05) is 16.4 Å². The molecule has 0 bridgehead atoms. The number of carbonyl (C=O) groups excluding carboxylic acids is 1. The summed E-state index contributed by atoms with van der Waals surface area (Å²) in [4.78, 5) is 13.7. The first kappa shape index (κ1) is 12.0. The highest BCUT2D eigenvalue weighted by Gasteiger charge is 2.17. The number of nitrogens with zero attached hydrogens (tertiary/aromatic N) is 4. The minimum atomic E-state index is 0.185. The number of amides is 1. The lowest BCUT2D eigenvalue weighted by atomic mass is 10.4. The molecular weight excluding hydrogens is 218 g/mol. The minimum Gasteiger partial charge on any atom is -0.342 e. The average molecular weight is 237 g/mol. The minimum absolute atomic E-state index is 0.185. The van der Waals surface area contributed by atoms with Crippen molar-refractivity contribution in [3.05, 3.63) is 12.2 Å². The van der Waals surface area contributed by atoms with E-state index in [0.29, 0.717) is 13.1 Å². The van der Waals surface area contributed by atoms with Crippen molar-refractivity contribution < 1.29 is 4.79 Å². The van der Waals surface area contributed by atoms with E-state index in [4.69, 9.17) is 0 Å². The number of aromatic nitrogens is 3. The van der Waals surface area contributed by atoms with Gasteiger partial charge in [0.05, 0.1) is 13.1 Å². The Bertz CT molecular complexity index is 370. The summed E-state index contributed by atoms with van der Waals surface area (Å²) in [7, 11) is 0. The molecule has 0 unspecified atom stereocenters. The van der Waals surface area contributed by atoms with Crippen molar-refractivity contribution in [1.82, 2.24) is 25.0 Å². The van der Waals surface area contributed by atoms with Crippen LogP contribution in [0.4, 0.5) is 0 Å². The molecule has 1 aromatic heterocycles. The van der Waals surface area contributed by atoms with Gasteiger partial charge in [0.2, 0.25) is 5.91 Å². The second kappa shape index (κ2) is 5.77. The SMILES string of the molecule is CCn1cnnc1CNCC(=O)N1CCCC1. The van der Waals surface area contributed by atoms with Gasteiger partial charge in [-0.15, -0.1) is 10.2 Å². The summed E-state index contributed by atoms with van der Waals surface area (Å²) >= 11 is 0. The van der Waals surface area contributed by atoms with Gasteiger partial charge < -0.3 is 14.8 Å². The lowest BCUT2D eigenvalue weighted by Gasteiger charge is -2.15. The van der Waals surface area contributed by atoms with Crippen molar-refractivity contribution in [2.24, 2.45) is 0 Å². The first-order valence-electron chi connectivity index (χ1n) is 6.16. The van der Waals surface area contributed by atoms with Gasteiger partial charge in [-0.2, -0.15) is 0 Å². The van der Waals surface area contributed by atoms with Crippen LogP contribution in [-0.4, -0.2) is 45.2 Å². The molecule has 0 radical (unpaired) electrons. The van der Waals surface area contributed by atoms with E-state index in [1.54, 1.807) is 6.33 Å². The van der Waals surface area contributed by atoms with Gasteiger partial charge in [0.25, 0.3) is 0 Å². The molecule has 0 spiro atoms. The third-order valence-corrected chi connectivity index (χ3v) is 3.05. The molecule has 6 nitrogen and oxygen atoms in total. The third-order valence-electron chi connectivity index (χ3n) is 3.05. The van der Waals surface area contributed by atoms with Crippen molar-refractivity contribution in [3.63, 3.8) is 0 Å². The molecule has 0 aromatic carbocycles. The number of likely N-dealkylation sites (tertiary alicyclic amines) is 1. The van der Waals surface area contributed by atoms with Gasteiger partial charge in [0.1, 0.15) is 12.2 Å². The quantitative estimate of drug-likeness (QED) is 0.783. The summed E-state index contributed by atoms with van der Waals surface area (Å²) in [5, 5.41) is 11.0. The molecule has 2 heterocycles. The van der Waals surface area contributed by atoms with E-state index >= 15 is 0 Å². The Morgan fingerprint density at radius 2 is 2.24 bits per heavy atom. The summed E-state index contributed by atoms with van der Waals surface area (Å²) in [6.45, 7) is 5.69. The molecule has 6 heteroatoms. The second-order valence-corrected chi connectivity index (χ2v) is 4.22. The summed E-state index contributed by atoms with van der Waals surface area (Å²) in [5.41, 5.74) is 0. The van der Waals surface area contributed by atoms with Gasteiger partial charge in [-0.3, -0.25) is 4.79 Å². The van der Waals surface area contributed by atoms with Crippen molar-refractivity contribution in [2.45, 2.75) is 32.9 Å². The van der Waals surface area contributed by atoms with E-state index in [1.165, 1.54) is 0 Å². The Kier molecular flexibility index (Phi) is 4.08. The Morgan fingerprint density at radius 1 is 1.47 bits per heavy atom. The molecule has 1 aromatic rings. The zero-order valence-corrected chi connectivity index (χ0v) is 10.2. The van der Waals surface area contributed by atoms with Crippen LogP contribution in [-0.2, 0) is 17.9 Å². The molecule has 17 heavy (non-hydrogen) atoms. The molecule has 0 saturated carbocycles. The van der Waals surface area contributed by atoms with Crippen LogP contribution >= 0.6 is 0 Å². The van der Waals surface area contributed by atoms with Crippen molar-refractivity contribution in [3.8, 4) is 0 Å². The number of hydrogen-bond donors (Lipinski definition) is 1. The molecule has 0 aliphatic carbocycles. The largest absolute Gasteiger partial charge is 0.342 e. The average Bonchev–Trinajstić information content (AvgIpc) is 2.99. The summed E-state index contributed by atoms with van der Waals surface area (Å²) in [5.74, 6) is 1.06. The van der Waals surface area contributed by atoms with Crippen LogP contribution in [0.5, 0.6) is 0 Å². The van der Waals surface area contributed by atoms with Crippen molar-refractivity contribution in [1.29, 1.82) is 0 Å².